The highest BCUT2D eigenvalue weighted by Gasteiger charge is 2.17. The Morgan fingerprint density at radius 2 is 2.07 bits per heavy atom. The number of hydrogen-bond donors (Lipinski definition) is 2. The molecule has 0 radical (unpaired) electrons. The maximum absolute atomic E-state index is 5.99. The molecule has 1 saturated heterocycles. The van der Waals surface area contributed by atoms with Gasteiger partial charge in [-0.1, -0.05) is 26.0 Å². The molecule has 0 spiro atoms. The van der Waals surface area contributed by atoms with Crippen LogP contribution in [0.15, 0.2) is 29.3 Å². The van der Waals surface area contributed by atoms with Crippen molar-refractivity contribution < 1.29 is 9.47 Å². The van der Waals surface area contributed by atoms with Gasteiger partial charge >= 0.3 is 0 Å². The molecule has 1 heterocycles. The minimum atomic E-state index is 0.614. The van der Waals surface area contributed by atoms with Crippen LogP contribution in [-0.4, -0.2) is 63.9 Å². The number of ether oxygens (including phenoxy) is 2. The maximum Gasteiger partial charge on any atom is 0.191 e. The molecule has 0 aliphatic carbocycles. The molecule has 0 bridgehead atoms. The largest absolute Gasteiger partial charge is 0.492 e. The fourth-order valence-electron chi connectivity index (χ4n) is 3.25. The SMILES string of the molecule is CN=C(NCCC(C)C)NCc1cccc(OCCN(C)C2CCOCC2)c1. The van der Waals surface area contributed by atoms with E-state index in [1.807, 2.05) is 12.1 Å². The van der Waals surface area contributed by atoms with Gasteiger partial charge in [0.05, 0.1) is 0 Å². The molecule has 1 aromatic carbocycles. The second-order valence-corrected chi connectivity index (χ2v) is 7.86. The molecule has 0 saturated carbocycles. The second kappa shape index (κ2) is 12.6. The molecule has 1 aromatic rings. The Morgan fingerprint density at radius 3 is 2.79 bits per heavy atom. The van der Waals surface area contributed by atoms with E-state index in [1.165, 1.54) is 5.56 Å². The predicted octanol–water partition coefficient (Wildman–Crippen LogP) is 2.89. The summed E-state index contributed by atoms with van der Waals surface area (Å²) < 4.78 is 11.4. The molecule has 1 aliphatic rings. The molecule has 6 nitrogen and oxygen atoms in total. The van der Waals surface area contributed by atoms with Crippen LogP contribution >= 0.6 is 0 Å². The number of guanidine groups is 1. The summed E-state index contributed by atoms with van der Waals surface area (Å²) >= 11 is 0. The molecule has 1 fully saturated rings. The molecule has 2 N–H and O–H groups in total. The topological polar surface area (TPSA) is 58.1 Å². The van der Waals surface area contributed by atoms with Gasteiger partial charge in [0, 0.05) is 45.9 Å². The van der Waals surface area contributed by atoms with Crippen LogP contribution in [0, 0.1) is 5.92 Å². The highest BCUT2D eigenvalue weighted by molar-refractivity contribution is 5.79. The minimum absolute atomic E-state index is 0.614. The smallest absolute Gasteiger partial charge is 0.191 e. The van der Waals surface area contributed by atoms with Crippen molar-refractivity contribution in [3.63, 3.8) is 0 Å². The van der Waals surface area contributed by atoms with Gasteiger partial charge in [-0.3, -0.25) is 9.89 Å². The average Bonchev–Trinajstić information content (AvgIpc) is 2.71. The van der Waals surface area contributed by atoms with E-state index in [4.69, 9.17) is 9.47 Å². The third kappa shape index (κ3) is 8.48. The lowest BCUT2D eigenvalue weighted by Crippen LogP contribution is -2.38. The van der Waals surface area contributed by atoms with Gasteiger partial charge in [-0.15, -0.1) is 0 Å². The first-order valence-electron chi connectivity index (χ1n) is 10.5. The monoisotopic (exact) mass is 390 g/mol. The summed E-state index contributed by atoms with van der Waals surface area (Å²) in [5.74, 6) is 2.44. The second-order valence-electron chi connectivity index (χ2n) is 7.86. The van der Waals surface area contributed by atoms with Crippen LogP contribution in [-0.2, 0) is 11.3 Å². The fraction of sp³-hybridized carbons (Fsp3) is 0.682. The highest BCUT2D eigenvalue weighted by Crippen LogP contribution is 2.15. The minimum Gasteiger partial charge on any atom is -0.492 e. The maximum atomic E-state index is 5.99. The molecule has 28 heavy (non-hydrogen) atoms. The first kappa shape index (κ1) is 22.5. The summed E-state index contributed by atoms with van der Waals surface area (Å²) in [4.78, 5) is 6.67. The normalized spacial score (nSPS) is 15.9. The van der Waals surface area contributed by atoms with Crippen LogP contribution in [0.1, 0.15) is 38.7 Å². The zero-order valence-corrected chi connectivity index (χ0v) is 18.0. The Balaban J connectivity index is 1.72. The van der Waals surface area contributed by atoms with Crippen molar-refractivity contribution in [2.24, 2.45) is 10.9 Å². The third-order valence-corrected chi connectivity index (χ3v) is 5.12. The van der Waals surface area contributed by atoms with Crippen molar-refractivity contribution in [3.8, 4) is 5.75 Å². The van der Waals surface area contributed by atoms with Crippen molar-refractivity contribution in [2.75, 3.05) is 47.0 Å². The van der Waals surface area contributed by atoms with Gasteiger partial charge in [0.15, 0.2) is 5.96 Å². The Kier molecular flexibility index (Phi) is 10.1. The molecule has 0 aromatic heterocycles. The summed E-state index contributed by atoms with van der Waals surface area (Å²) in [7, 11) is 3.98. The van der Waals surface area contributed by atoms with E-state index in [-0.39, 0.29) is 0 Å². The van der Waals surface area contributed by atoms with E-state index in [0.717, 1.165) is 63.8 Å². The van der Waals surface area contributed by atoms with Crippen LogP contribution < -0.4 is 15.4 Å². The fourth-order valence-corrected chi connectivity index (χ4v) is 3.25. The quantitative estimate of drug-likeness (QED) is 0.475. The molecule has 6 heteroatoms. The standard InChI is InChI=1S/C22H38N4O2/c1-18(2)8-11-24-22(23-3)25-17-19-6-5-7-21(16-19)28-15-12-26(4)20-9-13-27-14-10-20/h5-7,16,18,20H,8-15,17H2,1-4H3,(H2,23,24,25). The Morgan fingerprint density at radius 1 is 1.29 bits per heavy atom. The summed E-state index contributed by atoms with van der Waals surface area (Å²) in [5.41, 5.74) is 1.18. The van der Waals surface area contributed by atoms with Gasteiger partial charge in [0.25, 0.3) is 0 Å². The van der Waals surface area contributed by atoms with E-state index in [9.17, 15) is 0 Å². The van der Waals surface area contributed by atoms with Gasteiger partial charge in [0.2, 0.25) is 0 Å². The van der Waals surface area contributed by atoms with Crippen molar-refractivity contribution in [3.05, 3.63) is 29.8 Å². The first-order valence-corrected chi connectivity index (χ1v) is 10.5. The Labute approximate surface area is 170 Å². The van der Waals surface area contributed by atoms with Crippen LogP contribution in [0.25, 0.3) is 0 Å². The lowest BCUT2D eigenvalue weighted by atomic mass is 10.1. The first-order chi connectivity index (χ1) is 13.6. The van der Waals surface area contributed by atoms with Crippen LogP contribution in [0.3, 0.4) is 0 Å². The van der Waals surface area contributed by atoms with E-state index in [0.29, 0.717) is 18.6 Å². The van der Waals surface area contributed by atoms with E-state index in [2.05, 4.69) is 53.6 Å². The lowest BCUT2D eigenvalue weighted by molar-refractivity contribution is 0.0392. The van der Waals surface area contributed by atoms with E-state index >= 15 is 0 Å². The summed E-state index contributed by atoms with van der Waals surface area (Å²) in [6.45, 7) is 9.49. The molecule has 0 atom stereocenters. The molecule has 1 aliphatic heterocycles. The summed E-state index contributed by atoms with van der Waals surface area (Å²) in [5, 5.41) is 6.72. The molecular formula is C22H38N4O2. The molecule has 158 valence electrons. The zero-order chi connectivity index (χ0) is 20.2. The number of nitrogens with zero attached hydrogens (tertiary/aromatic N) is 2. The molecule has 0 amide bonds. The number of rotatable bonds is 10. The summed E-state index contributed by atoms with van der Waals surface area (Å²) in [6.07, 6.45) is 3.36. The highest BCUT2D eigenvalue weighted by atomic mass is 16.5. The molecular weight excluding hydrogens is 352 g/mol. The third-order valence-electron chi connectivity index (χ3n) is 5.12. The van der Waals surface area contributed by atoms with Crippen LogP contribution in [0.4, 0.5) is 0 Å². The van der Waals surface area contributed by atoms with Crippen molar-refractivity contribution in [1.29, 1.82) is 0 Å². The molecule has 0 unspecified atom stereocenters. The van der Waals surface area contributed by atoms with Crippen molar-refractivity contribution >= 4 is 5.96 Å². The van der Waals surface area contributed by atoms with Gasteiger partial charge in [-0.25, -0.2) is 0 Å². The van der Waals surface area contributed by atoms with Gasteiger partial charge < -0.3 is 20.1 Å². The van der Waals surface area contributed by atoms with Crippen molar-refractivity contribution in [2.45, 2.75) is 45.7 Å². The Hall–Kier alpha value is -1.79. The van der Waals surface area contributed by atoms with Crippen molar-refractivity contribution in [1.82, 2.24) is 15.5 Å². The van der Waals surface area contributed by atoms with Gasteiger partial charge in [-0.2, -0.15) is 0 Å². The van der Waals surface area contributed by atoms with Gasteiger partial charge in [0.1, 0.15) is 12.4 Å². The number of hydrogen-bond acceptors (Lipinski definition) is 4. The number of likely N-dealkylation sites (N-methyl/N-ethyl adjacent to an activating group) is 1. The number of aliphatic imine (C=N–C) groups is 1. The predicted molar refractivity (Wildman–Crippen MR) is 116 cm³/mol. The zero-order valence-electron chi connectivity index (χ0n) is 18.0. The van der Waals surface area contributed by atoms with Gasteiger partial charge in [-0.05, 0) is 49.9 Å². The van der Waals surface area contributed by atoms with Crippen LogP contribution in [0.5, 0.6) is 5.75 Å². The van der Waals surface area contributed by atoms with Crippen LogP contribution in [0.2, 0.25) is 0 Å². The average molecular weight is 391 g/mol. The number of nitrogens with one attached hydrogen (secondary N) is 2. The van der Waals surface area contributed by atoms with E-state index < -0.39 is 0 Å². The molecule has 2 rings (SSSR count). The van der Waals surface area contributed by atoms with E-state index in [1.54, 1.807) is 7.05 Å². The number of benzene rings is 1. The lowest BCUT2D eigenvalue weighted by Gasteiger charge is -2.31. The summed E-state index contributed by atoms with van der Waals surface area (Å²) in [6, 6.07) is 8.89. The Bertz CT molecular complexity index is 586.